The Balaban J connectivity index is 3.22. The van der Waals surface area contributed by atoms with Crippen molar-refractivity contribution in [2.24, 2.45) is 0 Å². The molecule has 0 rings (SSSR count). The highest BCUT2D eigenvalue weighted by Gasteiger charge is 2.02. The van der Waals surface area contributed by atoms with Crippen LogP contribution in [0.2, 0.25) is 0 Å². The van der Waals surface area contributed by atoms with Crippen LogP contribution in [0.1, 0.15) is 84.5 Å². The van der Waals surface area contributed by atoms with Crippen LogP contribution in [-0.2, 0) is 4.79 Å². The molecule has 4 nitrogen and oxygen atoms in total. The first-order valence-corrected chi connectivity index (χ1v) is 9.31. The molecular weight excluding hydrogens is 276 g/mol. The van der Waals surface area contributed by atoms with Crippen molar-refractivity contribution < 1.29 is 9.90 Å². The topological polar surface area (TPSA) is 61.4 Å². The third-order valence-corrected chi connectivity index (χ3v) is 4.01. The van der Waals surface area contributed by atoms with Crippen molar-refractivity contribution in [2.45, 2.75) is 90.5 Å². The van der Waals surface area contributed by atoms with Crippen LogP contribution in [0.5, 0.6) is 0 Å². The maximum atomic E-state index is 11.6. The Morgan fingerprint density at radius 3 is 2.14 bits per heavy atom. The van der Waals surface area contributed by atoms with Crippen molar-refractivity contribution in [3.63, 3.8) is 0 Å². The molecule has 1 unspecified atom stereocenters. The number of amides is 1. The van der Waals surface area contributed by atoms with Gasteiger partial charge in [-0.25, -0.2) is 0 Å². The predicted molar refractivity (Wildman–Crippen MR) is 94.0 cm³/mol. The zero-order valence-corrected chi connectivity index (χ0v) is 14.8. The predicted octanol–water partition coefficient (Wildman–Crippen LogP) is 3.38. The SMILES string of the molecule is CCCCCCCCCCCC(=O)NCCNC(C)CCO. The average Bonchev–Trinajstić information content (AvgIpc) is 2.50. The number of hydrogen-bond donors (Lipinski definition) is 3. The van der Waals surface area contributed by atoms with E-state index >= 15 is 0 Å². The van der Waals surface area contributed by atoms with Gasteiger partial charge < -0.3 is 15.7 Å². The van der Waals surface area contributed by atoms with Gasteiger partial charge in [-0.2, -0.15) is 0 Å². The average molecular weight is 315 g/mol. The van der Waals surface area contributed by atoms with Gasteiger partial charge in [0.2, 0.25) is 5.91 Å². The van der Waals surface area contributed by atoms with Crippen molar-refractivity contribution in [2.75, 3.05) is 19.7 Å². The van der Waals surface area contributed by atoms with E-state index in [1.807, 2.05) is 6.92 Å². The minimum absolute atomic E-state index is 0.166. The summed E-state index contributed by atoms with van der Waals surface area (Å²) >= 11 is 0. The molecule has 3 N–H and O–H groups in total. The van der Waals surface area contributed by atoms with Crippen LogP contribution in [0.25, 0.3) is 0 Å². The van der Waals surface area contributed by atoms with Crippen LogP contribution >= 0.6 is 0 Å². The molecule has 0 heterocycles. The van der Waals surface area contributed by atoms with Gasteiger partial charge in [-0.05, 0) is 19.8 Å². The fourth-order valence-corrected chi connectivity index (χ4v) is 2.50. The van der Waals surface area contributed by atoms with E-state index in [4.69, 9.17) is 5.11 Å². The van der Waals surface area contributed by atoms with Gasteiger partial charge in [0.15, 0.2) is 0 Å². The first-order valence-electron chi connectivity index (χ1n) is 9.31. The second kappa shape index (κ2) is 16.8. The van der Waals surface area contributed by atoms with Gasteiger partial charge in [-0.1, -0.05) is 58.3 Å². The van der Waals surface area contributed by atoms with E-state index < -0.39 is 0 Å². The molecule has 0 aromatic carbocycles. The molecule has 1 atom stereocenters. The first-order chi connectivity index (χ1) is 10.7. The number of aliphatic hydroxyl groups is 1. The summed E-state index contributed by atoms with van der Waals surface area (Å²) in [5.74, 6) is 0.166. The Hall–Kier alpha value is -0.610. The van der Waals surface area contributed by atoms with Gasteiger partial charge in [0.25, 0.3) is 0 Å². The van der Waals surface area contributed by atoms with E-state index in [2.05, 4.69) is 17.6 Å². The second-order valence-corrected chi connectivity index (χ2v) is 6.30. The summed E-state index contributed by atoms with van der Waals surface area (Å²) in [6, 6.07) is 0.305. The largest absolute Gasteiger partial charge is 0.396 e. The molecule has 0 bridgehead atoms. The Bertz CT molecular complexity index is 247. The molecule has 0 aromatic heterocycles. The highest BCUT2D eigenvalue weighted by Crippen LogP contribution is 2.10. The summed E-state index contributed by atoms with van der Waals surface area (Å²) < 4.78 is 0. The van der Waals surface area contributed by atoms with E-state index in [0.717, 1.165) is 19.4 Å². The van der Waals surface area contributed by atoms with Crippen molar-refractivity contribution in [1.29, 1.82) is 0 Å². The van der Waals surface area contributed by atoms with Crippen LogP contribution in [0.4, 0.5) is 0 Å². The first kappa shape index (κ1) is 21.4. The smallest absolute Gasteiger partial charge is 0.220 e. The highest BCUT2D eigenvalue weighted by molar-refractivity contribution is 5.75. The number of rotatable bonds is 16. The van der Waals surface area contributed by atoms with Gasteiger partial charge in [0, 0.05) is 32.2 Å². The molecule has 0 aromatic rings. The van der Waals surface area contributed by atoms with Gasteiger partial charge >= 0.3 is 0 Å². The standard InChI is InChI=1S/C18H38N2O2/c1-3-4-5-6-7-8-9-10-11-12-18(22)20-15-14-19-17(2)13-16-21/h17,19,21H,3-16H2,1-2H3,(H,20,22). The lowest BCUT2D eigenvalue weighted by molar-refractivity contribution is -0.121. The molecule has 0 spiro atoms. The van der Waals surface area contributed by atoms with Crippen LogP contribution in [-0.4, -0.2) is 36.8 Å². The van der Waals surface area contributed by atoms with Crippen molar-refractivity contribution in [1.82, 2.24) is 10.6 Å². The summed E-state index contributed by atoms with van der Waals surface area (Å²) in [5, 5.41) is 15.0. The zero-order chi connectivity index (χ0) is 16.5. The lowest BCUT2D eigenvalue weighted by atomic mass is 10.1. The van der Waals surface area contributed by atoms with Gasteiger partial charge in [-0.3, -0.25) is 4.79 Å². The molecule has 22 heavy (non-hydrogen) atoms. The van der Waals surface area contributed by atoms with Crippen molar-refractivity contribution in [3.05, 3.63) is 0 Å². The minimum Gasteiger partial charge on any atom is -0.396 e. The number of carbonyl (C=O) groups excluding carboxylic acids is 1. The maximum absolute atomic E-state index is 11.6. The molecule has 0 radical (unpaired) electrons. The van der Waals surface area contributed by atoms with E-state index in [1.165, 1.54) is 51.4 Å². The summed E-state index contributed by atoms with van der Waals surface area (Å²) in [7, 11) is 0. The van der Waals surface area contributed by atoms with E-state index in [1.54, 1.807) is 0 Å². The number of hydrogen-bond acceptors (Lipinski definition) is 3. The Labute approximate surface area is 137 Å². The molecule has 0 fully saturated rings. The molecule has 1 amide bonds. The maximum Gasteiger partial charge on any atom is 0.220 e. The molecule has 0 saturated heterocycles. The van der Waals surface area contributed by atoms with Crippen LogP contribution < -0.4 is 10.6 Å². The number of carbonyl (C=O) groups is 1. The monoisotopic (exact) mass is 314 g/mol. The van der Waals surface area contributed by atoms with Crippen molar-refractivity contribution in [3.8, 4) is 0 Å². The van der Waals surface area contributed by atoms with Crippen LogP contribution in [0.15, 0.2) is 0 Å². The normalized spacial score (nSPS) is 12.3. The van der Waals surface area contributed by atoms with Crippen molar-refractivity contribution >= 4 is 5.91 Å². The summed E-state index contributed by atoms with van der Waals surface area (Å²) in [6.45, 7) is 5.94. The number of nitrogens with one attached hydrogen (secondary N) is 2. The second-order valence-electron chi connectivity index (χ2n) is 6.30. The third-order valence-electron chi connectivity index (χ3n) is 4.01. The Kier molecular flexibility index (Phi) is 16.3. The van der Waals surface area contributed by atoms with E-state index in [0.29, 0.717) is 19.0 Å². The van der Waals surface area contributed by atoms with Gasteiger partial charge in [0.1, 0.15) is 0 Å². The lowest BCUT2D eigenvalue weighted by Gasteiger charge is -2.12. The summed E-state index contributed by atoms with van der Waals surface area (Å²) in [5.41, 5.74) is 0. The summed E-state index contributed by atoms with van der Waals surface area (Å²) in [6.07, 6.45) is 13.0. The van der Waals surface area contributed by atoms with E-state index in [-0.39, 0.29) is 12.5 Å². The highest BCUT2D eigenvalue weighted by atomic mass is 16.3. The zero-order valence-electron chi connectivity index (χ0n) is 14.8. The van der Waals surface area contributed by atoms with Crippen LogP contribution in [0, 0.1) is 0 Å². The lowest BCUT2D eigenvalue weighted by Crippen LogP contribution is -2.36. The molecule has 4 heteroatoms. The molecule has 0 aliphatic rings. The molecule has 132 valence electrons. The molecule has 0 saturated carbocycles. The molecular formula is C18H38N2O2. The fourth-order valence-electron chi connectivity index (χ4n) is 2.50. The number of aliphatic hydroxyl groups excluding tert-OH is 1. The Morgan fingerprint density at radius 2 is 1.55 bits per heavy atom. The van der Waals surface area contributed by atoms with Gasteiger partial charge in [-0.15, -0.1) is 0 Å². The molecule has 0 aliphatic heterocycles. The van der Waals surface area contributed by atoms with Crippen LogP contribution in [0.3, 0.4) is 0 Å². The number of unbranched alkanes of at least 4 members (excludes halogenated alkanes) is 8. The van der Waals surface area contributed by atoms with E-state index in [9.17, 15) is 4.79 Å². The minimum atomic E-state index is 0.166. The third kappa shape index (κ3) is 15.8. The fraction of sp³-hybridized carbons (Fsp3) is 0.944. The van der Waals surface area contributed by atoms with Gasteiger partial charge in [0.05, 0.1) is 0 Å². The Morgan fingerprint density at radius 1 is 0.955 bits per heavy atom. The molecule has 0 aliphatic carbocycles. The summed E-state index contributed by atoms with van der Waals surface area (Å²) in [4.78, 5) is 11.6. The quantitative estimate of drug-likeness (QED) is 0.383.